The van der Waals surface area contributed by atoms with Crippen LogP contribution in [0, 0.1) is 6.92 Å². The minimum Gasteiger partial charge on any atom is -0.329 e. The first-order chi connectivity index (χ1) is 9.21. The predicted octanol–water partition coefficient (Wildman–Crippen LogP) is 3.55. The van der Waals surface area contributed by atoms with Crippen LogP contribution in [0.4, 0.5) is 0 Å². The largest absolute Gasteiger partial charge is 0.329 e. The molecule has 1 aliphatic rings. The van der Waals surface area contributed by atoms with E-state index in [1.54, 1.807) is 0 Å². The highest BCUT2D eigenvalue weighted by molar-refractivity contribution is 9.10. The third-order valence-corrected chi connectivity index (χ3v) is 4.78. The number of hydrogen-bond acceptors (Lipinski definition) is 2. The van der Waals surface area contributed by atoms with Gasteiger partial charge in [-0.05, 0) is 51.3 Å². The fourth-order valence-corrected chi connectivity index (χ4v) is 3.20. The number of carbonyl (C=O) groups excluding carboxylic acids is 1. The molecule has 2 rings (SSSR count). The summed E-state index contributed by atoms with van der Waals surface area (Å²) in [6.07, 6.45) is 1.30. The zero-order valence-corrected chi connectivity index (χ0v) is 14.2. The third-order valence-electron chi connectivity index (χ3n) is 3.89. The molecule has 20 heavy (non-hydrogen) atoms. The van der Waals surface area contributed by atoms with Crippen LogP contribution >= 0.6 is 15.9 Å². The summed E-state index contributed by atoms with van der Waals surface area (Å²) in [7, 11) is 0. The van der Waals surface area contributed by atoms with Gasteiger partial charge in [-0.1, -0.05) is 28.1 Å². The lowest BCUT2D eigenvalue weighted by atomic mass is 9.86. The number of halogens is 1. The van der Waals surface area contributed by atoms with Gasteiger partial charge >= 0.3 is 0 Å². The molecule has 1 aromatic rings. The van der Waals surface area contributed by atoms with Gasteiger partial charge in [0, 0.05) is 22.5 Å². The van der Waals surface area contributed by atoms with E-state index in [2.05, 4.69) is 55.8 Å². The molecule has 0 bridgehead atoms. The van der Waals surface area contributed by atoms with Crippen LogP contribution in [0.25, 0.3) is 0 Å². The van der Waals surface area contributed by atoms with Gasteiger partial charge in [0.25, 0.3) is 0 Å². The number of nitrogens with two attached hydrogens (primary N) is 1. The number of aryl methyl sites for hydroxylation is 1. The quantitative estimate of drug-likeness (QED) is 0.851. The van der Waals surface area contributed by atoms with Crippen LogP contribution in [-0.2, 0) is 4.79 Å². The molecule has 0 saturated carbocycles. The van der Waals surface area contributed by atoms with E-state index in [0.717, 1.165) is 16.5 Å². The van der Waals surface area contributed by atoms with Gasteiger partial charge in [-0.15, -0.1) is 0 Å². The number of carbonyl (C=O) groups is 1. The molecule has 0 aliphatic carbocycles. The topological polar surface area (TPSA) is 46.3 Å². The first-order valence-electron chi connectivity index (χ1n) is 7.05. The van der Waals surface area contributed by atoms with Crippen LogP contribution in [-0.4, -0.2) is 22.4 Å². The van der Waals surface area contributed by atoms with Crippen LogP contribution in [0.2, 0.25) is 0 Å². The Morgan fingerprint density at radius 2 is 2.00 bits per heavy atom. The molecule has 3 nitrogen and oxygen atoms in total. The maximum atomic E-state index is 12.4. The SMILES string of the molecule is Cc1cc(C2C(N)CCC(=O)N2C(C)(C)C)ccc1Br. The first kappa shape index (κ1) is 15.5. The summed E-state index contributed by atoms with van der Waals surface area (Å²) >= 11 is 3.52. The second-order valence-electron chi connectivity index (χ2n) is 6.59. The van der Waals surface area contributed by atoms with Crippen molar-refractivity contribution in [3.8, 4) is 0 Å². The molecule has 2 unspecified atom stereocenters. The van der Waals surface area contributed by atoms with Gasteiger partial charge in [0.05, 0.1) is 6.04 Å². The summed E-state index contributed by atoms with van der Waals surface area (Å²) < 4.78 is 1.08. The zero-order valence-electron chi connectivity index (χ0n) is 12.6. The Bertz CT molecular complexity index is 522. The highest BCUT2D eigenvalue weighted by Gasteiger charge is 2.40. The highest BCUT2D eigenvalue weighted by Crippen LogP contribution is 2.37. The van der Waals surface area contributed by atoms with Crippen molar-refractivity contribution in [2.45, 2.75) is 58.2 Å². The van der Waals surface area contributed by atoms with Crippen LogP contribution in [0.3, 0.4) is 0 Å². The van der Waals surface area contributed by atoms with Crippen molar-refractivity contribution in [2.24, 2.45) is 5.73 Å². The van der Waals surface area contributed by atoms with E-state index >= 15 is 0 Å². The molecular formula is C16H23BrN2O. The molecule has 1 saturated heterocycles. The summed E-state index contributed by atoms with van der Waals surface area (Å²) in [5, 5.41) is 0. The van der Waals surface area contributed by atoms with Gasteiger partial charge in [0.15, 0.2) is 0 Å². The Balaban J connectivity index is 2.47. The number of piperidine rings is 1. The molecule has 1 aliphatic heterocycles. The normalized spacial score (nSPS) is 24.1. The summed E-state index contributed by atoms with van der Waals surface area (Å²) in [4.78, 5) is 14.3. The van der Waals surface area contributed by atoms with Crippen LogP contribution in [0.5, 0.6) is 0 Å². The molecule has 0 spiro atoms. The van der Waals surface area contributed by atoms with Crippen molar-refractivity contribution in [3.05, 3.63) is 33.8 Å². The molecule has 0 radical (unpaired) electrons. The molecule has 2 atom stereocenters. The van der Waals surface area contributed by atoms with E-state index in [9.17, 15) is 4.79 Å². The average molecular weight is 339 g/mol. The molecule has 1 amide bonds. The number of amides is 1. The standard InChI is InChI=1S/C16H23BrN2O/c1-10-9-11(5-6-12(10)17)15-13(18)7-8-14(20)19(15)16(2,3)4/h5-6,9,13,15H,7-8,18H2,1-4H3. The van der Waals surface area contributed by atoms with Gasteiger partial charge in [-0.25, -0.2) is 0 Å². The van der Waals surface area contributed by atoms with E-state index in [-0.39, 0.29) is 23.5 Å². The van der Waals surface area contributed by atoms with Crippen LogP contribution in [0.1, 0.15) is 50.8 Å². The van der Waals surface area contributed by atoms with Gasteiger partial charge in [0.1, 0.15) is 0 Å². The highest BCUT2D eigenvalue weighted by atomic mass is 79.9. The summed E-state index contributed by atoms with van der Waals surface area (Å²) in [6, 6.07) is 6.19. The molecule has 4 heteroatoms. The molecule has 2 N–H and O–H groups in total. The van der Waals surface area contributed by atoms with Gasteiger partial charge in [0.2, 0.25) is 5.91 Å². The number of benzene rings is 1. The van der Waals surface area contributed by atoms with Gasteiger partial charge < -0.3 is 10.6 Å². The second kappa shape index (κ2) is 5.49. The van der Waals surface area contributed by atoms with E-state index in [4.69, 9.17) is 5.73 Å². The average Bonchev–Trinajstić information content (AvgIpc) is 2.34. The number of rotatable bonds is 1. The maximum Gasteiger partial charge on any atom is 0.223 e. The first-order valence-corrected chi connectivity index (χ1v) is 7.85. The van der Waals surface area contributed by atoms with Crippen molar-refractivity contribution >= 4 is 21.8 Å². The lowest BCUT2D eigenvalue weighted by Crippen LogP contribution is -2.56. The van der Waals surface area contributed by atoms with Gasteiger partial charge in [-0.3, -0.25) is 4.79 Å². The summed E-state index contributed by atoms with van der Waals surface area (Å²) in [5.41, 5.74) is 8.42. The molecule has 0 aromatic heterocycles. The number of likely N-dealkylation sites (tertiary alicyclic amines) is 1. The summed E-state index contributed by atoms with van der Waals surface area (Å²) in [5.74, 6) is 0.199. The predicted molar refractivity (Wildman–Crippen MR) is 85.4 cm³/mol. The van der Waals surface area contributed by atoms with E-state index in [1.807, 2.05) is 11.0 Å². The van der Waals surface area contributed by atoms with Crippen LogP contribution in [0.15, 0.2) is 22.7 Å². The van der Waals surface area contributed by atoms with Crippen molar-refractivity contribution in [2.75, 3.05) is 0 Å². The maximum absolute atomic E-state index is 12.4. The van der Waals surface area contributed by atoms with Crippen molar-refractivity contribution in [3.63, 3.8) is 0 Å². The summed E-state index contributed by atoms with van der Waals surface area (Å²) in [6.45, 7) is 8.27. The minimum absolute atomic E-state index is 0.00694. The Kier molecular flexibility index (Phi) is 4.26. The number of nitrogens with zero attached hydrogens (tertiary/aromatic N) is 1. The Morgan fingerprint density at radius 1 is 1.35 bits per heavy atom. The molecular weight excluding hydrogens is 316 g/mol. The van der Waals surface area contributed by atoms with Crippen molar-refractivity contribution in [1.82, 2.24) is 4.90 Å². The lowest BCUT2D eigenvalue weighted by Gasteiger charge is -2.47. The molecule has 1 heterocycles. The van der Waals surface area contributed by atoms with E-state index in [1.165, 1.54) is 5.56 Å². The van der Waals surface area contributed by atoms with Crippen molar-refractivity contribution in [1.29, 1.82) is 0 Å². The third kappa shape index (κ3) is 2.91. The molecule has 1 fully saturated rings. The molecule has 1 aromatic carbocycles. The Labute approximate surface area is 129 Å². The molecule has 110 valence electrons. The van der Waals surface area contributed by atoms with Crippen LogP contribution < -0.4 is 5.73 Å². The Hall–Kier alpha value is -0.870. The van der Waals surface area contributed by atoms with E-state index < -0.39 is 0 Å². The fraction of sp³-hybridized carbons (Fsp3) is 0.562. The Morgan fingerprint density at radius 3 is 2.55 bits per heavy atom. The monoisotopic (exact) mass is 338 g/mol. The second-order valence-corrected chi connectivity index (χ2v) is 7.44. The minimum atomic E-state index is -0.221. The van der Waals surface area contributed by atoms with Gasteiger partial charge in [-0.2, -0.15) is 0 Å². The lowest BCUT2D eigenvalue weighted by molar-refractivity contribution is -0.144. The number of hydrogen-bond donors (Lipinski definition) is 1. The van der Waals surface area contributed by atoms with Crippen molar-refractivity contribution < 1.29 is 4.79 Å². The zero-order chi connectivity index (χ0) is 15.1. The van der Waals surface area contributed by atoms with E-state index in [0.29, 0.717) is 6.42 Å². The smallest absolute Gasteiger partial charge is 0.223 e. The fourth-order valence-electron chi connectivity index (χ4n) is 2.95.